The minimum Gasteiger partial charge on any atom is -0.344 e. The van der Waals surface area contributed by atoms with Crippen LogP contribution < -0.4 is 0 Å². The number of nitrogens with one attached hydrogen (secondary N) is 1. The lowest BCUT2D eigenvalue weighted by molar-refractivity contribution is -0.132. The van der Waals surface area contributed by atoms with Crippen LogP contribution in [0.1, 0.15) is 23.7 Å². The molecule has 0 aliphatic rings. The number of aromatic nitrogens is 4. The molecule has 6 nitrogen and oxygen atoms in total. The molecule has 31 heavy (non-hydrogen) atoms. The topological polar surface area (TPSA) is 66.8 Å². The Balaban J connectivity index is 1.38. The molecule has 0 aliphatic heterocycles. The average molecular weight is 417 g/mol. The first-order valence-corrected chi connectivity index (χ1v) is 10.2. The molecular weight excluding hydrogens is 393 g/mol. The van der Waals surface area contributed by atoms with Gasteiger partial charge in [0.1, 0.15) is 5.82 Å². The van der Waals surface area contributed by atoms with Crippen LogP contribution in [0.5, 0.6) is 0 Å². The second-order valence-corrected chi connectivity index (χ2v) is 7.45. The van der Waals surface area contributed by atoms with Crippen molar-refractivity contribution in [1.82, 2.24) is 24.9 Å². The van der Waals surface area contributed by atoms with Crippen LogP contribution in [0.4, 0.5) is 4.39 Å². The smallest absolute Gasteiger partial charge is 0.251 e. The maximum atomic E-state index is 13.4. The number of amides is 1. The number of rotatable bonds is 8. The Hall–Kier alpha value is -3.74. The van der Waals surface area contributed by atoms with E-state index in [-0.39, 0.29) is 11.7 Å². The van der Waals surface area contributed by atoms with Crippen molar-refractivity contribution in [2.24, 2.45) is 0 Å². The highest BCUT2D eigenvalue weighted by molar-refractivity contribution is 5.83. The van der Waals surface area contributed by atoms with E-state index in [0.29, 0.717) is 12.2 Å². The third kappa shape index (κ3) is 4.88. The van der Waals surface area contributed by atoms with Crippen molar-refractivity contribution in [3.05, 3.63) is 96.2 Å². The van der Waals surface area contributed by atoms with Gasteiger partial charge in [-0.15, -0.1) is 0 Å². The Labute approximate surface area is 180 Å². The normalized spacial score (nSPS) is 11.9. The third-order valence-corrected chi connectivity index (χ3v) is 5.21. The molecule has 2 aromatic heterocycles. The molecule has 0 saturated carbocycles. The zero-order valence-electron chi connectivity index (χ0n) is 17.3. The van der Waals surface area contributed by atoms with Gasteiger partial charge < -0.3 is 4.90 Å². The number of H-pyrrole nitrogens is 1. The van der Waals surface area contributed by atoms with Crippen molar-refractivity contribution in [1.29, 1.82) is 0 Å². The second-order valence-electron chi connectivity index (χ2n) is 7.45. The first kappa shape index (κ1) is 20.5. The molecule has 0 aliphatic carbocycles. The summed E-state index contributed by atoms with van der Waals surface area (Å²) in [6, 6.07) is 19.3. The van der Waals surface area contributed by atoms with Gasteiger partial charge in [0.25, 0.3) is 5.91 Å². The third-order valence-electron chi connectivity index (χ3n) is 5.21. The number of likely N-dealkylation sites (N-methyl/N-ethyl adjacent to an activating group) is 1. The Morgan fingerprint density at radius 1 is 1.13 bits per heavy atom. The summed E-state index contributed by atoms with van der Waals surface area (Å²) in [7, 11) is 1.81. The SMILES string of the molecule is CN(CCCc1cc(-c2cccc(F)c2)n[nH]1)C(=O)C(c1ccccc1)n1cccn1. The molecule has 4 aromatic rings. The van der Waals surface area contributed by atoms with Crippen LogP contribution in [0.3, 0.4) is 0 Å². The number of hydrogen-bond acceptors (Lipinski definition) is 3. The molecule has 158 valence electrons. The molecule has 0 saturated heterocycles. The maximum absolute atomic E-state index is 13.4. The van der Waals surface area contributed by atoms with Gasteiger partial charge in [0.15, 0.2) is 6.04 Å². The summed E-state index contributed by atoms with van der Waals surface area (Å²) in [5.41, 5.74) is 3.30. The van der Waals surface area contributed by atoms with Gasteiger partial charge in [-0.3, -0.25) is 14.6 Å². The number of nitrogens with zero attached hydrogens (tertiary/aromatic N) is 4. The lowest BCUT2D eigenvalue weighted by Gasteiger charge is -2.24. The van der Waals surface area contributed by atoms with Crippen LogP contribution in [0.25, 0.3) is 11.3 Å². The quantitative estimate of drug-likeness (QED) is 0.470. The highest BCUT2D eigenvalue weighted by Crippen LogP contribution is 2.21. The highest BCUT2D eigenvalue weighted by atomic mass is 19.1. The van der Waals surface area contributed by atoms with E-state index < -0.39 is 6.04 Å². The van der Waals surface area contributed by atoms with E-state index in [1.54, 1.807) is 21.8 Å². The van der Waals surface area contributed by atoms with E-state index in [2.05, 4.69) is 15.3 Å². The molecule has 0 fully saturated rings. The Morgan fingerprint density at radius 2 is 1.97 bits per heavy atom. The summed E-state index contributed by atoms with van der Waals surface area (Å²) in [5, 5.41) is 11.6. The molecule has 2 heterocycles. The standard InChI is InChI=1S/C24H24FN5O/c1-29(24(31)23(30-15-7-13-26-30)18-8-3-2-4-9-18)14-6-12-21-17-22(28-27-21)19-10-5-11-20(25)16-19/h2-5,7-11,13,15-17,23H,6,12,14H2,1H3,(H,27,28). The molecule has 0 bridgehead atoms. The fourth-order valence-electron chi connectivity index (χ4n) is 3.59. The Kier molecular flexibility index (Phi) is 6.21. The minimum absolute atomic E-state index is 0.0139. The number of benzene rings is 2. The molecule has 7 heteroatoms. The number of carbonyl (C=O) groups is 1. The number of aromatic amines is 1. The van der Waals surface area contributed by atoms with Gasteiger partial charge >= 0.3 is 0 Å². The van der Waals surface area contributed by atoms with Crippen LogP contribution >= 0.6 is 0 Å². The Bertz CT molecular complexity index is 1120. The highest BCUT2D eigenvalue weighted by Gasteiger charge is 2.25. The molecular formula is C24H24FN5O. The van der Waals surface area contributed by atoms with Gasteiger partial charge in [-0.05, 0) is 42.7 Å². The average Bonchev–Trinajstić information content (AvgIpc) is 3.47. The summed E-state index contributed by atoms with van der Waals surface area (Å²) in [5.74, 6) is -0.299. The lowest BCUT2D eigenvalue weighted by atomic mass is 10.1. The number of hydrogen-bond donors (Lipinski definition) is 1. The second kappa shape index (κ2) is 9.38. The van der Waals surface area contributed by atoms with Gasteiger partial charge in [-0.1, -0.05) is 42.5 Å². The van der Waals surface area contributed by atoms with Gasteiger partial charge in [-0.25, -0.2) is 4.39 Å². The monoisotopic (exact) mass is 417 g/mol. The molecule has 4 rings (SSSR count). The summed E-state index contributed by atoms with van der Waals surface area (Å²) in [6.45, 7) is 0.595. The lowest BCUT2D eigenvalue weighted by Crippen LogP contribution is -2.36. The summed E-state index contributed by atoms with van der Waals surface area (Å²) in [4.78, 5) is 15.0. The van der Waals surface area contributed by atoms with Gasteiger partial charge in [-0.2, -0.15) is 10.2 Å². The van der Waals surface area contributed by atoms with Gasteiger partial charge in [0, 0.05) is 37.2 Å². The van der Waals surface area contributed by atoms with Crippen LogP contribution in [-0.4, -0.2) is 44.4 Å². The number of carbonyl (C=O) groups excluding carboxylic acids is 1. The fraction of sp³-hybridized carbons (Fsp3) is 0.208. The largest absolute Gasteiger partial charge is 0.344 e. The van der Waals surface area contributed by atoms with Crippen molar-refractivity contribution < 1.29 is 9.18 Å². The fourth-order valence-corrected chi connectivity index (χ4v) is 3.59. The summed E-state index contributed by atoms with van der Waals surface area (Å²) in [6.07, 6.45) is 4.99. The molecule has 1 unspecified atom stereocenters. The first-order chi connectivity index (χ1) is 15.1. The molecule has 1 amide bonds. The molecule has 0 radical (unpaired) electrons. The van der Waals surface area contributed by atoms with E-state index in [9.17, 15) is 9.18 Å². The van der Waals surface area contributed by atoms with Crippen LogP contribution in [0.15, 0.2) is 79.1 Å². The molecule has 1 N–H and O–H groups in total. The minimum atomic E-state index is -0.493. The summed E-state index contributed by atoms with van der Waals surface area (Å²) >= 11 is 0. The van der Waals surface area contributed by atoms with Crippen LogP contribution in [0, 0.1) is 5.82 Å². The molecule has 1 atom stereocenters. The first-order valence-electron chi connectivity index (χ1n) is 10.2. The van der Waals surface area contributed by atoms with E-state index in [4.69, 9.17) is 0 Å². The van der Waals surface area contributed by atoms with Gasteiger partial charge in [0.05, 0.1) is 5.69 Å². The van der Waals surface area contributed by atoms with Crippen LogP contribution in [0.2, 0.25) is 0 Å². The van der Waals surface area contributed by atoms with Crippen molar-refractivity contribution in [3.8, 4) is 11.3 Å². The van der Waals surface area contributed by atoms with Gasteiger partial charge in [0.2, 0.25) is 0 Å². The summed E-state index contributed by atoms with van der Waals surface area (Å²) < 4.78 is 15.1. The van der Waals surface area contributed by atoms with E-state index in [0.717, 1.165) is 29.7 Å². The zero-order chi connectivity index (χ0) is 21.6. The zero-order valence-corrected chi connectivity index (χ0v) is 17.3. The number of aryl methyl sites for hydroxylation is 1. The van der Waals surface area contributed by atoms with Crippen LogP contribution in [-0.2, 0) is 11.2 Å². The van der Waals surface area contributed by atoms with Crippen molar-refractivity contribution in [2.75, 3.05) is 13.6 Å². The van der Waals surface area contributed by atoms with E-state index >= 15 is 0 Å². The van der Waals surface area contributed by atoms with E-state index in [1.807, 2.05) is 61.8 Å². The Morgan fingerprint density at radius 3 is 2.71 bits per heavy atom. The predicted octanol–water partition coefficient (Wildman–Crippen LogP) is 4.09. The van der Waals surface area contributed by atoms with Crippen molar-refractivity contribution >= 4 is 5.91 Å². The van der Waals surface area contributed by atoms with Crippen molar-refractivity contribution in [2.45, 2.75) is 18.9 Å². The molecule has 0 spiro atoms. The molecule has 2 aromatic carbocycles. The van der Waals surface area contributed by atoms with E-state index in [1.165, 1.54) is 12.1 Å². The van der Waals surface area contributed by atoms with Crippen molar-refractivity contribution in [3.63, 3.8) is 0 Å². The predicted molar refractivity (Wildman–Crippen MR) is 117 cm³/mol. The maximum Gasteiger partial charge on any atom is 0.251 e. The number of halogens is 1.